The summed E-state index contributed by atoms with van der Waals surface area (Å²) < 4.78 is 8.61. The second kappa shape index (κ2) is 6.21. The third-order valence-corrected chi connectivity index (χ3v) is 3.32. The van der Waals surface area contributed by atoms with Crippen LogP contribution in [0.3, 0.4) is 0 Å². The highest BCUT2D eigenvalue weighted by atomic mass is 16.6. The Morgan fingerprint density at radius 1 is 1.08 bits per heavy atom. The summed E-state index contributed by atoms with van der Waals surface area (Å²) >= 11 is 0. The summed E-state index contributed by atoms with van der Waals surface area (Å²) in [4.78, 5) is 56.9. The van der Waals surface area contributed by atoms with Crippen LogP contribution in [-0.2, 0) is 19.1 Å². The minimum absolute atomic E-state index is 0.938. The fraction of sp³-hybridized carbons (Fsp3) is 0.154. The van der Waals surface area contributed by atoms with Gasteiger partial charge >= 0.3 is 23.9 Å². The van der Waals surface area contributed by atoms with Gasteiger partial charge in [-0.3, -0.25) is 9.59 Å². The molecule has 0 bridgehead atoms. The number of carboxylic acid groups (broad SMARTS) is 2. The van der Waals surface area contributed by atoms with E-state index < -0.39 is 75.9 Å². The number of rotatable bonds is 2. The zero-order chi connectivity index (χ0) is 19.9. The number of esters is 2. The molecule has 2 unspecified atom stereocenters. The number of anilines is 1. The standard InChI is InChI=1S/C13H9NO12/c14-4-6(16)2(11(22)26-13(24)10(20)21)1-5(15)3(9(18)19)12(23)25-8(1)7(4)17/h3,12,16-17,23H,14H2,(H,18,19)(H,20,21). The van der Waals surface area contributed by atoms with Crippen LogP contribution in [0.4, 0.5) is 5.69 Å². The molecule has 0 spiro atoms. The van der Waals surface area contributed by atoms with Crippen LogP contribution in [0.15, 0.2) is 0 Å². The number of aliphatic carboxylic acids is 2. The number of carbonyl (C=O) groups excluding carboxylic acids is 3. The molecule has 138 valence electrons. The first-order chi connectivity index (χ1) is 12.0. The van der Waals surface area contributed by atoms with Gasteiger partial charge in [-0.25, -0.2) is 14.4 Å². The van der Waals surface area contributed by atoms with Gasteiger partial charge in [0.25, 0.3) is 0 Å². The molecule has 0 saturated carbocycles. The second-order valence-corrected chi connectivity index (χ2v) is 4.86. The number of nitrogens with two attached hydrogens (primary N) is 1. The van der Waals surface area contributed by atoms with E-state index in [-0.39, 0.29) is 0 Å². The maximum atomic E-state index is 12.3. The summed E-state index contributed by atoms with van der Waals surface area (Å²) in [5.41, 5.74) is 2.11. The fourth-order valence-electron chi connectivity index (χ4n) is 2.15. The third-order valence-electron chi connectivity index (χ3n) is 3.32. The summed E-state index contributed by atoms with van der Waals surface area (Å²) in [5.74, 6) is -15.1. The number of aliphatic hydroxyl groups excluding tert-OH is 1. The van der Waals surface area contributed by atoms with Gasteiger partial charge in [-0.2, -0.15) is 0 Å². The lowest BCUT2D eigenvalue weighted by Crippen LogP contribution is -2.43. The molecule has 0 saturated heterocycles. The first-order valence-electron chi connectivity index (χ1n) is 6.47. The van der Waals surface area contributed by atoms with Crippen LogP contribution in [-0.4, -0.2) is 61.5 Å². The molecule has 1 aliphatic heterocycles. The van der Waals surface area contributed by atoms with Crippen molar-refractivity contribution in [2.45, 2.75) is 6.29 Å². The number of phenols is 2. The number of hydrogen-bond donors (Lipinski definition) is 6. The van der Waals surface area contributed by atoms with E-state index in [4.69, 9.17) is 15.9 Å². The van der Waals surface area contributed by atoms with Crippen LogP contribution in [0, 0.1) is 5.92 Å². The lowest BCUT2D eigenvalue weighted by molar-refractivity contribution is -0.160. The monoisotopic (exact) mass is 371 g/mol. The summed E-state index contributed by atoms with van der Waals surface area (Å²) in [6.07, 6.45) is -2.27. The quantitative estimate of drug-likeness (QED) is 0.109. The van der Waals surface area contributed by atoms with Crippen molar-refractivity contribution >= 4 is 35.3 Å². The molecule has 26 heavy (non-hydrogen) atoms. The van der Waals surface area contributed by atoms with E-state index in [0.717, 1.165) is 0 Å². The smallest absolute Gasteiger partial charge is 0.425 e. The van der Waals surface area contributed by atoms with Crippen molar-refractivity contribution in [1.29, 1.82) is 0 Å². The Balaban J connectivity index is 2.73. The molecule has 7 N–H and O–H groups in total. The molecule has 1 aromatic carbocycles. The maximum Gasteiger partial charge on any atom is 0.425 e. The van der Waals surface area contributed by atoms with Gasteiger partial charge in [0.2, 0.25) is 6.29 Å². The Morgan fingerprint density at radius 3 is 2.15 bits per heavy atom. The number of fused-ring (bicyclic) bond motifs is 1. The van der Waals surface area contributed by atoms with E-state index >= 15 is 0 Å². The summed E-state index contributed by atoms with van der Waals surface area (Å²) in [6, 6.07) is 0. The Hall–Kier alpha value is -3.87. The molecule has 13 nitrogen and oxygen atoms in total. The van der Waals surface area contributed by atoms with Gasteiger partial charge in [0.05, 0.1) is 5.56 Å². The Bertz CT molecular complexity index is 873. The molecule has 0 radical (unpaired) electrons. The predicted molar refractivity (Wildman–Crippen MR) is 74.3 cm³/mol. The van der Waals surface area contributed by atoms with Crippen LogP contribution in [0.1, 0.15) is 20.7 Å². The highest BCUT2D eigenvalue weighted by Gasteiger charge is 2.47. The number of aromatic hydroxyl groups is 2. The number of aliphatic hydroxyl groups is 1. The number of Topliss-reactive ketones (excluding diaryl/α,β-unsaturated/α-hetero) is 1. The molecular weight excluding hydrogens is 362 g/mol. The Morgan fingerprint density at radius 2 is 1.65 bits per heavy atom. The molecule has 1 heterocycles. The fourth-order valence-corrected chi connectivity index (χ4v) is 2.15. The topological polar surface area (TPSA) is 231 Å². The minimum Gasteiger partial charge on any atom is -0.505 e. The minimum atomic E-state index is -2.27. The number of hydrogen-bond acceptors (Lipinski definition) is 11. The summed E-state index contributed by atoms with van der Waals surface area (Å²) in [5, 5.41) is 46.7. The number of phenolic OH excluding ortho intramolecular Hbond substituents is 2. The molecule has 0 amide bonds. The van der Waals surface area contributed by atoms with E-state index in [1.807, 2.05) is 0 Å². The molecule has 1 aromatic rings. The lowest BCUT2D eigenvalue weighted by Gasteiger charge is -2.28. The van der Waals surface area contributed by atoms with E-state index in [9.17, 15) is 39.3 Å². The highest BCUT2D eigenvalue weighted by molar-refractivity contribution is 6.32. The van der Waals surface area contributed by atoms with Gasteiger partial charge in [-0.1, -0.05) is 0 Å². The van der Waals surface area contributed by atoms with Crippen molar-refractivity contribution in [1.82, 2.24) is 0 Å². The number of carboxylic acids is 2. The molecule has 2 atom stereocenters. The van der Waals surface area contributed by atoms with Crippen molar-refractivity contribution in [2.75, 3.05) is 5.73 Å². The van der Waals surface area contributed by atoms with Crippen LogP contribution in [0.2, 0.25) is 0 Å². The second-order valence-electron chi connectivity index (χ2n) is 4.86. The molecule has 1 aliphatic rings. The van der Waals surface area contributed by atoms with Crippen molar-refractivity contribution in [3.63, 3.8) is 0 Å². The number of ether oxygens (including phenoxy) is 2. The van der Waals surface area contributed by atoms with Gasteiger partial charge in [-0.05, 0) is 0 Å². The molecule has 13 heteroatoms. The summed E-state index contributed by atoms with van der Waals surface area (Å²) in [7, 11) is 0. The molecular formula is C13H9NO12. The van der Waals surface area contributed by atoms with Gasteiger partial charge < -0.3 is 40.7 Å². The van der Waals surface area contributed by atoms with E-state index in [1.165, 1.54) is 0 Å². The van der Waals surface area contributed by atoms with E-state index in [2.05, 4.69) is 9.47 Å². The van der Waals surface area contributed by atoms with Crippen molar-refractivity contribution < 1.29 is 59.0 Å². The van der Waals surface area contributed by atoms with Gasteiger partial charge in [0, 0.05) is 0 Å². The van der Waals surface area contributed by atoms with E-state index in [1.54, 1.807) is 0 Å². The molecule has 0 fully saturated rings. The maximum absolute atomic E-state index is 12.3. The third kappa shape index (κ3) is 2.71. The largest absolute Gasteiger partial charge is 0.505 e. The Kier molecular flexibility index (Phi) is 4.41. The molecule has 0 aliphatic carbocycles. The van der Waals surface area contributed by atoms with Crippen LogP contribution >= 0.6 is 0 Å². The van der Waals surface area contributed by atoms with Gasteiger partial charge in [-0.15, -0.1) is 0 Å². The van der Waals surface area contributed by atoms with Crippen molar-refractivity contribution in [3.8, 4) is 17.2 Å². The average molecular weight is 371 g/mol. The number of benzene rings is 1. The lowest BCUT2D eigenvalue weighted by atomic mass is 9.89. The number of ketones is 1. The highest BCUT2D eigenvalue weighted by Crippen LogP contribution is 2.48. The predicted octanol–water partition coefficient (Wildman–Crippen LogP) is -1.96. The van der Waals surface area contributed by atoms with Crippen molar-refractivity contribution in [2.24, 2.45) is 5.92 Å². The first kappa shape index (κ1) is 18.5. The SMILES string of the molecule is Nc1c(O)c2c(c(C(=O)OC(=O)C(=O)O)c1O)C(=O)C(C(=O)O)C(O)O2. The number of nitrogen functional groups attached to an aromatic ring is 1. The van der Waals surface area contributed by atoms with Gasteiger partial charge in [0.1, 0.15) is 11.3 Å². The normalized spacial score (nSPS) is 18.4. The molecule has 2 rings (SSSR count). The number of carbonyl (C=O) groups is 5. The Labute approximate surface area is 141 Å². The van der Waals surface area contributed by atoms with Crippen molar-refractivity contribution in [3.05, 3.63) is 11.1 Å². The zero-order valence-corrected chi connectivity index (χ0v) is 12.3. The summed E-state index contributed by atoms with van der Waals surface area (Å²) in [6.45, 7) is 0. The molecule has 0 aromatic heterocycles. The zero-order valence-electron chi connectivity index (χ0n) is 12.3. The van der Waals surface area contributed by atoms with Crippen LogP contribution < -0.4 is 10.5 Å². The first-order valence-corrected chi connectivity index (χ1v) is 6.47. The van der Waals surface area contributed by atoms with Gasteiger partial charge in [0.15, 0.2) is 28.9 Å². The van der Waals surface area contributed by atoms with Crippen LogP contribution in [0.5, 0.6) is 17.2 Å². The van der Waals surface area contributed by atoms with Crippen LogP contribution in [0.25, 0.3) is 0 Å². The van der Waals surface area contributed by atoms with E-state index in [0.29, 0.717) is 0 Å². The average Bonchev–Trinajstić information content (AvgIpc) is 2.53.